The molecule has 16 heavy (non-hydrogen) atoms. The molecule has 2 rings (SSSR count). The second kappa shape index (κ2) is 4.58. The average Bonchev–Trinajstić information content (AvgIpc) is 2.85. The van der Waals surface area contributed by atoms with E-state index < -0.39 is 5.60 Å². The molecule has 1 fully saturated rings. The zero-order valence-corrected chi connectivity index (χ0v) is 10.4. The number of hydrogen-bond donors (Lipinski definition) is 1. The fraction of sp³-hybridized carbons (Fsp3) is 0.769. The van der Waals surface area contributed by atoms with Crippen LogP contribution in [-0.4, -0.2) is 20.5 Å². The summed E-state index contributed by atoms with van der Waals surface area (Å²) in [4.78, 5) is 0. The minimum atomic E-state index is -0.460. The second-order valence-electron chi connectivity index (χ2n) is 4.90. The molecule has 1 saturated carbocycles. The van der Waals surface area contributed by atoms with E-state index in [0.717, 1.165) is 50.8 Å². The van der Waals surface area contributed by atoms with Gasteiger partial charge in [-0.3, -0.25) is 4.68 Å². The molecule has 1 aliphatic carbocycles. The van der Waals surface area contributed by atoms with E-state index in [0.29, 0.717) is 0 Å². The predicted octanol–water partition coefficient (Wildman–Crippen LogP) is 2.31. The highest BCUT2D eigenvalue weighted by molar-refractivity contribution is 5.13. The van der Waals surface area contributed by atoms with Crippen LogP contribution in [0.5, 0.6) is 0 Å². The van der Waals surface area contributed by atoms with E-state index in [-0.39, 0.29) is 0 Å². The van der Waals surface area contributed by atoms with Crippen LogP contribution in [0.25, 0.3) is 0 Å². The number of rotatable bonds is 4. The van der Waals surface area contributed by atoms with E-state index in [1.165, 1.54) is 5.69 Å². The maximum atomic E-state index is 10.4. The smallest absolute Gasteiger partial charge is 0.0702 e. The molecular formula is C13H22N2O. The van der Waals surface area contributed by atoms with Crippen LogP contribution < -0.4 is 0 Å². The Morgan fingerprint density at radius 2 is 2.06 bits per heavy atom. The van der Waals surface area contributed by atoms with Gasteiger partial charge in [0.15, 0.2) is 0 Å². The molecule has 0 unspecified atom stereocenters. The minimum Gasteiger partial charge on any atom is -0.389 e. The van der Waals surface area contributed by atoms with Gasteiger partial charge in [-0.2, -0.15) is 5.10 Å². The van der Waals surface area contributed by atoms with Crippen LogP contribution >= 0.6 is 0 Å². The lowest BCUT2D eigenvalue weighted by atomic mass is 9.96. The zero-order valence-electron chi connectivity index (χ0n) is 10.4. The number of aryl methyl sites for hydroxylation is 2. The summed E-state index contributed by atoms with van der Waals surface area (Å²) in [5.74, 6) is 0. The molecule has 90 valence electrons. The van der Waals surface area contributed by atoms with Gasteiger partial charge in [0.1, 0.15) is 0 Å². The third kappa shape index (κ3) is 2.29. The molecule has 1 N–H and O–H groups in total. The summed E-state index contributed by atoms with van der Waals surface area (Å²) < 4.78 is 2.04. The van der Waals surface area contributed by atoms with E-state index in [9.17, 15) is 5.11 Å². The average molecular weight is 222 g/mol. The van der Waals surface area contributed by atoms with Crippen molar-refractivity contribution in [3.05, 3.63) is 17.5 Å². The van der Waals surface area contributed by atoms with Crippen LogP contribution in [0.3, 0.4) is 0 Å². The first-order valence-corrected chi connectivity index (χ1v) is 6.45. The summed E-state index contributed by atoms with van der Waals surface area (Å²) >= 11 is 0. The highest BCUT2D eigenvalue weighted by atomic mass is 16.3. The monoisotopic (exact) mass is 222 g/mol. The lowest BCUT2D eigenvalue weighted by Crippen LogP contribution is -2.28. The molecule has 1 aromatic rings. The fourth-order valence-electron chi connectivity index (χ4n) is 2.65. The first kappa shape index (κ1) is 11.6. The van der Waals surface area contributed by atoms with E-state index >= 15 is 0 Å². The zero-order chi connectivity index (χ0) is 11.6. The van der Waals surface area contributed by atoms with Gasteiger partial charge >= 0.3 is 0 Å². The van der Waals surface area contributed by atoms with Crippen molar-refractivity contribution in [3.8, 4) is 0 Å². The van der Waals surface area contributed by atoms with Crippen molar-refractivity contribution in [1.82, 2.24) is 9.78 Å². The van der Waals surface area contributed by atoms with Crippen molar-refractivity contribution in [2.24, 2.45) is 0 Å². The van der Waals surface area contributed by atoms with Crippen molar-refractivity contribution < 1.29 is 5.11 Å². The Morgan fingerprint density at radius 3 is 2.62 bits per heavy atom. The molecule has 1 aliphatic rings. The molecule has 0 bridgehead atoms. The summed E-state index contributed by atoms with van der Waals surface area (Å²) in [6, 6.07) is 2.15. The molecule has 0 atom stereocenters. The molecule has 0 radical (unpaired) electrons. The Bertz CT molecular complexity index is 351. The van der Waals surface area contributed by atoms with Crippen molar-refractivity contribution in [2.45, 2.75) is 64.5 Å². The highest BCUT2D eigenvalue weighted by Gasteiger charge is 2.32. The van der Waals surface area contributed by atoms with E-state index in [1.807, 2.05) is 4.68 Å². The number of nitrogens with zero attached hydrogens (tertiary/aromatic N) is 2. The van der Waals surface area contributed by atoms with Gasteiger partial charge in [-0.1, -0.05) is 19.8 Å². The predicted molar refractivity (Wildman–Crippen MR) is 64.4 cm³/mol. The van der Waals surface area contributed by atoms with Gasteiger partial charge in [0.25, 0.3) is 0 Å². The number of aliphatic hydroxyl groups is 1. The SMILES string of the molecule is CCc1cc(CC2(O)CCCC2)n(CC)n1. The van der Waals surface area contributed by atoms with Crippen molar-refractivity contribution in [2.75, 3.05) is 0 Å². The van der Waals surface area contributed by atoms with Crippen LogP contribution in [0.15, 0.2) is 6.07 Å². The first-order chi connectivity index (χ1) is 7.67. The van der Waals surface area contributed by atoms with Crippen LogP contribution in [0.4, 0.5) is 0 Å². The van der Waals surface area contributed by atoms with Gasteiger partial charge < -0.3 is 5.11 Å². The third-order valence-corrected chi connectivity index (χ3v) is 3.62. The van der Waals surface area contributed by atoms with Gasteiger partial charge in [-0.25, -0.2) is 0 Å². The third-order valence-electron chi connectivity index (χ3n) is 3.62. The second-order valence-corrected chi connectivity index (χ2v) is 4.90. The van der Waals surface area contributed by atoms with Crippen molar-refractivity contribution in [1.29, 1.82) is 0 Å². The molecule has 0 amide bonds. The Morgan fingerprint density at radius 1 is 1.38 bits per heavy atom. The van der Waals surface area contributed by atoms with E-state index in [4.69, 9.17) is 0 Å². The molecule has 3 nitrogen and oxygen atoms in total. The molecule has 3 heteroatoms. The van der Waals surface area contributed by atoms with Crippen LogP contribution in [-0.2, 0) is 19.4 Å². The maximum Gasteiger partial charge on any atom is 0.0702 e. The molecule has 0 aliphatic heterocycles. The Labute approximate surface area is 97.5 Å². The maximum absolute atomic E-state index is 10.4. The normalized spacial score (nSPS) is 19.2. The highest BCUT2D eigenvalue weighted by Crippen LogP contribution is 2.32. The van der Waals surface area contributed by atoms with Gasteiger partial charge in [-0.15, -0.1) is 0 Å². The van der Waals surface area contributed by atoms with Crippen LogP contribution in [0.2, 0.25) is 0 Å². The molecular weight excluding hydrogens is 200 g/mol. The molecule has 0 aromatic carbocycles. The molecule has 1 aromatic heterocycles. The lowest BCUT2D eigenvalue weighted by Gasteiger charge is -2.22. The quantitative estimate of drug-likeness (QED) is 0.849. The number of aromatic nitrogens is 2. The van der Waals surface area contributed by atoms with Crippen LogP contribution in [0.1, 0.15) is 50.9 Å². The largest absolute Gasteiger partial charge is 0.389 e. The van der Waals surface area contributed by atoms with Crippen LogP contribution in [0, 0.1) is 0 Å². The van der Waals surface area contributed by atoms with Crippen molar-refractivity contribution >= 4 is 0 Å². The fourth-order valence-corrected chi connectivity index (χ4v) is 2.65. The lowest BCUT2D eigenvalue weighted by molar-refractivity contribution is 0.0461. The Hall–Kier alpha value is -0.830. The topological polar surface area (TPSA) is 38.0 Å². The summed E-state index contributed by atoms with van der Waals surface area (Å²) in [6.07, 6.45) is 5.97. The summed E-state index contributed by atoms with van der Waals surface area (Å²) in [5.41, 5.74) is 1.88. The van der Waals surface area contributed by atoms with Gasteiger partial charge in [0.05, 0.1) is 11.3 Å². The minimum absolute atomic E-state index is 0.460. The standard InChI is InChI=1S/C13H22N2O/c1-3-11-9-12(15(4-2)14-11)10-13(16)7-5-6-8-13/h9,16H,3-8,10H2,1-2H3. The summed E-state index contributed by atoms with van der Waals surface area (Å²) in [7, 11) is 0. The van der Waals surface area contributed by atoms with Crippen molar-refractivity contribution in [3.63, 3.8) is 0 Å². The molecule has 0 spiro atoms. The van der Waals surface area contributed by atoms with E-state index in [1.54, 1.807) is 0 Å². The van der Waals surface area contributed by atoms with E-state index in [2.05, 4.69) is 25.0 Å². The first-order valence-electron chi connectivity index (χ1n) is 6.45. The molecule has 1 heterocycles. The molecule has 0 saturated heterocycles. The Kier molecular flexibility index (Phi) is 3.33. The van der Waals surface area contributed by atoms with Gasteiger partial charge in [-0.05, 0) is 32.3 Å². The number of hydrogen-bond acceptors (Lipinski definition) is 2. The Balaban J connectivity index is 2.16. The summed E-state index contributed by atoms with van der Waals surface area (Å²) in [6.45, 7) is 5.12. The summed E-state index contributed by atoms with van der Waals surface area (Å²) in [5, 5.41) is 14.9. The van der Waals surface area contributed by atoms with Gasteiger partial charge in [0.2, 0.25) is 0 Å². The van der Waals surface area contributed by atoms with Gasteiger partial charge in [0, 0.05) is 18.7 Å².